The summed E-state index contributed by atoms with van der Waals surface area (Å²) >= 11 is 1.91. The van der Waals surface area contributed by atoms with Crippen molar-refractivity contribution in [3.8, 4) is 11.3 Å². The molecule has 1 aliphatic rings. The van der Waals surface area contributed by atoms with Gasteiger partial charge in [-0.3, -0.25) is 0 Å². The van der Waals surface area contributed by atoms with Gasteiger partial charge in [0.2, 0.25) is 0 Å². The van der Waals surface area contributed by atoms with Crippen LogP contribution >= 0.6 is 11.8 Å². The molecule has 1 aliphatic heterocycles. The normalized spacial score (nSPS) is 18.7. The van der Waals surface area contributed by atoms with Gasteiger partial charge in [0.1, 0.15) is 0 Å². The molecular weight excluding hydrogens is 220 g/mol. The van der Waals surface area contributed by atoms with E-state index in [-0.39, 0.29) is 0 Å². The summed E-state index contributed by atoms with van der Waals surface area (Å²) in [6.07, 6.45) is 1.08. The van der Waals surface area contributed by atoms with Gasteiger partial charge in [0.25, 0.3) is 0 Å². The summed E-state index contributed by atoms with van der Waals surface area (Å²) in [6.45, 7) is 2.24. The molecule has 0 bridgehead atoms. The molecular formula is C12H12N2OS. The van der Waals surface area contributed by atoms with Crippen molar-refractivity contribution in [1.29, 1.82) is 0 Å². The quantitative estimate of drug-likeness (QED) is 0.821. The number of thioether (sulfide) groups is 1. The molecule has 0 saturated carbocycles. The van der Waals surface area contributed by atoms with Gasteiger partial charge < -0.3 is 10.3 Å². The van der Waals surface area contributed by atoms with Gasteiger partial charge in [-0.2, -0.15) is 0 Å². The maximum Gasteiger partial charge on any atom is 0.169 e. The van der Waals surface area contributed by atoms with Crippen LogP contribution in [0.25, 0.3) is 11.3 Å². The van der Waals surface area contributed by atoms with Crippen LogP contribution in [0.4, 0.5) is 5.82 Å². The Bertz CT molecular complexity index is 536. The first kappa shape index (κ1) is 9.78. The molecule has 3 nitrogen and oxygen atoms in total. The number of fused-ring (bicyclic) bond motifs is 1. The van der Waals surface area contributed by atoms with Crippen molar-refractivity contribution >= 4 is 17.6 Å². The van der Waals surface area contributed by atoms with Gasteiger partial charge in [-0.15, -0.1) is 11.8 Å². The molecule has 0 fully saturated rings. The molecule has 16 heavy (non-hydrogen) atoms. The molecule has 0 radical (unpaired) electrons. The van der Waals surface area contributed by atoms with Crippen molar-refractivity contribution < 1.29 is 4.52 Å². The SMILES string of the molecule is CC1Cc2c(cccc2-c2cc(N)no2)S1. The number of anilines is 1. The molecule has 2 heterocycles. The maximum absolute atomic E-state index is 5.58. The van der Waals surface area contributed by atoms with E-state index in [1.807, 2.05) is 11.8 Å². The van der Waals surface area contributed by atoms with E-state index in [1.165, 1.54) is 10.5 Å². The van der Waals surface area contributed by atoms with Crippen LogP contribution in [-0.4, -0.2) is 10.4 Å². The standard InChI is InChI=1S/C12H12N2OS/c1-7-5-9-8(3-2-4-11(9)16-7)10-6-12(13)14-15-10/h2-4,6-7H,5H2,1H3,(H2,13,14). The minimum absolute atomic E-state index is 0.436. The highest BCUT2D eigenvalue weighted by Crippen LogP contribution is 2.41. The number of hydrogen-bond donors (Lipinski definition) is 1. The molecule has 0 saturated heterocycles. The third-order valence-electron chi connectivity index (χ3n) is 2.75. The highest BCUT2D eigenvalue weighted by molar-refractivity contribution is 8.00. The van der Waals surface area contributed by atoms with E-state index in [0.29, 0.717) is 11.1 Å². The monoisotopic (exact) mass is 232 g/mol. The molecule has 0 aliphatic carbocycles. The predicted molar refractivity (Wildman–Crippen MR) is 65.4 cm³/mol. The van der Waals surface area contributed by atoms with E-state index < -0.39 is 0 Å². The van der Waals surface area contributed by atoms with Crippen LogP contribution in [0.1, 0.15) is 12.5 Å². The summed E-state index contributed by atoms with van der Waals surface area (Å²) in [7, 11) is 0. The van der Waals surface area contributed by atoms with E-state index >= 15 is 0 Å². The third kappa shape index (κ3) is 1.50. The molecule has 2 aromatic rings. The first-order chi connectivity index (χ1) is 7.74. The van der Waals surface area contributed by atoms with Crippen molar-refractivity contribution in [1.82, 2.24) is 5.16 Å². The Kier molecular flexibility index (Phi) is 2.17. The van der Waals surface area contributed by atoms with Crippen molar-refractivity contribution in [2.75, 3.05) is 5.73 Å². The van der Waals surface area contributed by atoms with Gasteiger partial charge in [0.05, 0.1) is 0 Å². The minimum atomic E-state index is 0.436. The van der Waals surface area contributed by atoms with Crippen molar-refractivity contribution in [2.45, 2.75) is 23.5 Å². The van der Waals surface area contributed by atoms with E-state index in [1.54, 1.807) is 6.07 Å². The highest BCUT2D eigenvalue weighted by atomic mass is 32.2. The second kappa shape index (κ2) is 3.56. The zero-order chi connectivity index (χ0) is 11.1. The van der Waals surface area contributed by atoms with E-state index in [4.69, 9.17) is 10.3 Å². The Morgan fingerprint density at radius 1 is 1.50 bits per heavy atom. The predicted octanol–water partition coefficient (Wildman–Crippen LogP) is 2.96. The van der Waals surface area contributed by atoms with Gasteiger partial charge in [-0.25, -0.2) is 0 Å². The molecule has 82 valence electrons. The molecule has 1 atom stereocenters. The average Bonchev–Trinajstić information content (AvgIpc) is 2.82. The summed E-state index contributed by atoms with van der Waals surface area (Å²) in [5, 5.41) is 4.37. The maximum atomic E-state index is 5.58. The zero-order valence-corrected chi connectivity index (χ0v) is 9.75. The second-order valence-electron chi connectivity index (χ2n) is 4.03. The molecule has 3 rings (SSSR count). The van der Waals surface area contributed by atoms with E-state index in [0.717, 1.165) is 17.7 Å². The van der Waals surface area contributed by atoms with Gasteiger partial charge in [0, 0.05) is 21.8 Å². The molecule has 1 aromatic carbocycles. The molecule has 4 heteroatoms. The fourth-order valence-corrected chi connectivity index (χ4v) is 3.26. The highest BCUT2D eigenvalue weighted by Gasteiger charge is 2.22. The van der Waals surface area contributed by atoms with Crippen molar-refractivity contribution in [2.24, 2.45) is 0 Å². The van der Waals surface area contributed by atoms with Crippen LogP contribution in [-0.2, 0) is 6.42 Å². The first-order valence-electron chi connectivity index (χ1n) is 5.25. The summed E-state index contributed by atoms with van der Waals surface area (Å²) in [6, 6.07) is 8.06. The molecule has 0 spiro atoms. The molecule has 0 amide bonds. The Hall–Kier alpha value is -1.42. The number of hydrogen-bond acceptors (Lipinski definition) is 4. The van der Waals surface area contributed by atoms with E-state index in [2.05, 4.69) is 30.3 Å². The van der Waals surface area contributed by atoms with Crippen LogP contribution < -0.4 is 5.73 Å². The topological polar surface area (TPSA) is 52.0 Å². The lowest BCUT2D eigenvalue weighted by atomic mass is 10.0. The van der Waals surface area contributed by atoms with Gasteiger partial charge in [-0.1, -0.05) is 24.2 Å². The Morgan fingerprint density at radius 2 is 2.38 bits per heavy atom. The lowest BCUT2D eigenvalue weighted by Crippen LogP contribution is -1.93. The Labute approximate surface area is 98.0 Å². The van der Waals surface area contributed by atoms with Crippen LogP contribution in [0.3, 0.4) is 0 Å². The number of nitrogens with zero attached hydrogens (tertiary/aromatic N) is 1. The number of benzene rings is 1. The minimum Gasteiger partial charge on any atom is -0.381 e. The van der Waals surface area contributed by atoms with Crippen LogP contribution in [0, 0.1) is 0 Å². The van der Waals surface area contributed by atoms with Crippen LogP contribution in [0.5, 0.6) is 0 Å². The lowest BCUT2D eigenvalue weighted by molar-refractivity contribution is 0.435. The molecule has 1 aromatic heterocycles. The zero-order valence-electron chi connectivity index (χ0n) is 8.93. The summed E-state index contributed by atoms with van der Waals surface area (Å²) in [5.41, 5.74) is 8.06. The number of nitrogen functional groups attached to an aromatic ring is 1. The smallest absolute Gasteiger partial charge is 0.169 e. The van der Waals surface area contributed by atoms with Crippen molar-refractivity contribution in [3.05, 3.63) is 29.8 Å². The van der Waals surface area contributed by atoms with Gasteiger partial charge >= 0.3 is 0 Å². The first-order valence-corrected chi connectivity index (χ1v) is 6.13. The largest absolute Gasteiger partial charge is 0.381 e. The Morgan fingerprint density at radius 3 is 3.12 bits per heavy atom. The van der Waals surface area contributed by atoms with Crippen LogP contribution in [0.15, 0.2) is 33.7 Å². The fourth-order valence-electron chi connectivity index (χ4n) is 2.08. The average molecular weight is 232 g/mol. The lowest BCUT2D eigenvalue weighted by Gasteiger charge is -2.03. The summed E-state index contributed by atoms with van der Waals surface area (Å²) in [5.74, 6) is 1.20. The van der Waals surface area contributed by atoms with Crippen LogP contribution in [0.2, 0.25) is 0 Å². The number of aromatic nitrogens is 1. The summed E-state index contributed by atoms with van der Waals surface area (Å²) < 4.78 is 5.23. The van der Waals surface area contributed by atoms with E-state index in [9.17, 15) is 0 Å². The molecule has 2 N–H and O–H groups in total. The number of rotatable bonds is 1. The third-order valence-corrected chi connectivity index (χ3v) is 3.95. The van der Waals surface area contributed by atoms with Gasteiger partial charge in [0.15, 0.2) is 11.6 Å². The molecule has 1 unspecified atom stereocenters. The van der Waals surface area contributed by atoms with Gasteiger partial charge in [-0.05, 0) is 18.1 Å². The number of nitrogens with two attached hydrogens (primary N) is 1. The van der Waals surface area contributed by atoms with Crippen molar-refractivity contribution in [3.63, 3.8) is 0 Å². The fraction of sp³-hybridized carbons (Fsp3) is 0.250. The Balaban J connectivity index is 2.13. The summed E-state index contributed by atoms with van der Waals surface area (Å²) in [4.78, 5) is 1.35. The second-order valence-corrected chi connectivity index (χ2v) is 5.51.